The molecule has 0 spiro atoms. The SMILES string of the molecule is CN1Cc2cccc(N3CCN4CCC[C@H]4C3)c2C[C@@H]1CCN(C)[C@H]1CCCc2cccnc21. The third kappa shape index (κ3) is 4.27. The lowest BCUT2D eigenvalue weighted by molar-refractivity contribution is 0.157. The van der Waals surface area contributed by atoms with Crippen LogP contribution >= 0.6 is 0 Å². The van der Waals surface area contributed by atoms with Crippen molar-refractivity contribution in [3.8, 4) is 0 Å². The van der Waals surface area contributed by atoms with E-state index < -0.39 is 0 Å². The van der Waals surface area contributed by atoms with Crippen molar-refractivity contribution in [2.45, 2.75) is 69.6 Å². The fraction of sp³-hybridized carbons (Fsp3) is 0.621. The van der Waals surface area contributed by atoms with Gasteiger partial charge in [0.1, 0.15) is 0 Å². The maximum Gasteiger partial charge on any atom is 0.0607 e. The lowest BCUT2D eigenvalue weighted by Crippen LogP contribution is -2.50. The first-order valence-corrected chi connectivity index (χ1v) is 13.6. The summed E-state index contributed by atoms with van der Waals surface area (Å²) in [6.45, 7) is 7.16. The second-order valence-electron chi connectivity index (χ2n) is 11.2. The number of piperazine rings is 1. The van der Waals surface area contributed by atoms with Crippen LogP contribution in [0.25, 0.3) is 0 Å². The van der Waals surface area contributed by atoms with Crippen LogP contribution < -0.4 is 4.90 Å². The fourth-order valence-electron chi connectivity index (χ4n) is 7.15. The molecule has 34 heavy (non-hydrogen) atoms. The summed E-state index contributed by atoms with van der Waals surface area (Å²) in [4.78, 5) is 15.4. The van der Waals surface area contributed by atoms with Crippen LogP contribution in [0.3, 0.4) is 0 Å². The number of aromatic nitrogens is 1. The average molecular weight is 460 g/mol. The second kappa shape index (κ2) is 9.60. The van der Waals surface area contributed by atoms with Crippen molar-refractivity contribution in [2.75, 3.05) is 51.7 Å². The standard InChI is InChI=1S/C29H41N5/c1-31(28-12-3-7-22-9-5-14-30-29(22)28)16-13-24-19-26-23(20-32(24)2)8-4-11-27(26)34-18-17-33-15-6-10-25(33)21-34/h4-5,8-9,11,14,24-25,28H,3,6-7,10,12-13,15-21H2,1-2H3/t24-,25-,28-/m0/s1. The molecule has 0 unspecified atom stereocenters. The Labute approximate surface area is 205 Å². The van der Waals surface area contributed by atoms with Crippen molar-refractivity contribution >= 4 is 5.69 Å². The van der Waals surface area contributed by atoms with Crippen LogP contribution in [0.1, 0.15) is 60.5 Å². The van der Waals surface area contributed by atoms with E-state index in [-0.39, 0.29) is 0 Å². The minimum absolute atomic E-state index is 0.476. The normalized spacial score (nSPS) is 27.5. The molecule has 0 amide bonds. The van der Waals surface area contributed by atoms with Gasteiger partial charge in [-0.15, -0.1) is 0 Å². The number of fused-ring (bicyclic) bond motifs is 3. The van der Waals surface area contributed by atoms with E-state index in [1.807, 2.05) is 6.20 Å². The Bertz CT molecular complexity index is 1010. The number of hydrogen-bond acceptors (Lipinski definition) is 5. The van der Waals surface area contributed by atoms with E-state index in [0.717, 1.165) is 19.1 Å². The molecule has 4 aliphatic rings. The van der Waals surface area contributed by atoms with Crippen molar-refractivity contribution in [3.05, 3.63) is 58.9 Å². The molecule has 3 atom stereocenters. The Morgan fingerprint density at radius 2 is 1.94 bits per heavy atom. The lowest BCUT2D eigenvalue weighted by atomic mass is 9.89. The third-order valence-electron chi connectivity index (χ3n) is 9.17. The molecule has 2 saturated heterocycles. The summed E-state index contributed by atoms with van der Waals surface area (Å²) in [6, 6.07) is 13.3. The topological polar surface area (TPSA) is 25.9 Å². The molecule has 2 aromatic rings. The number of nitrogens with zero attached hydrogens (tertiary/aromatic N) is 5. The summed E-state index contributed by atoms with van der Waals surface area (Å²) >= 11 is 0. The number of likely N-dealkylation sites (N-methyl/N-ethyl adjacent to an activating group) is 1. The highest BCUT2D eigenvalue weighted by molar-refractivity contribution is 5.58. The molecule has 182 valence electrons. The Kier molecular flexibility index (Phi) is 6.35. The monoisotopic (exact) mass is 459 g/mol. The summed E-state index contributed by atoms with van der Waals surface area (Å²) in [5.74, 6) is 0. The minimum atomic E-state index is 0.476. The number of pyridine rings is 1. The molecule has 1 aliphatic carbocycles. The van der Waals surface area contributed by atoms with Gasteiger partial charge >= 0.3 is 0 Å². The van der Waals surface area contributed by atoms with Gasteiger partial charge in [-0.05, 0) is 94.4 Å². The van der Waals surface area contributed by atoms with Crippen molar-refractivity contribution in [1.82, 2.24) is 19.7 Å². The van der Waals surface area contributed by atoms with E-state index >= 15 is 0 Å². The minimum Gasteiger partial charge on any atom is -0.368 e. The maximum atomic E-state index is 4.79. The van der Waals surface area contributed by atoms with E-state index in [9.17, 15) is 0 Å². The average Bonchev–Trinajstić information content (AvgIpc) is 3.34. The van der Waals surface area contributed by atoms with Crippen LogP contribution in [0, 0.1) is 0 Å². The van der Waals surface area contributed by atoms with Gasteiger partial charge in [-0.1, -0.05) is 18.2 Å². The molecular weight excluding hydrogens is 418 g/mol. The van der Waals surface area contributed by atoms with Gasteiger partial charge in [0.15, 0.2) is 0 Å². The van der Waals surface area contributed by atoms with Crippen LogP contribution in [-0.2, 0) is 19.4 Å². The quantitative estimate of drug-likeness (QED) is 0.670. The molecule has 0 bridgehead atoms. The van der Waals surface area contributed by atoms with E-state index in [4.69, 9.17) is 4.98 Å². The number of hydrogen-bond donors (Lipinski definition) is 0. The summed E-state index contributed by atoms with van der Waals surface area (Å²) in [6.07, 6.45) is 10.8. The van der Waals surface area contributed by atoms with Crippen molar-refractivity contribution in [2.24, 2.45) is 0 Å². The second-order valence-corrected chi connectivity index (χ2v) is 11.2. The van der Waals surface area contributed by atoms with E-state index in [1.165, 1.54) is 88.1 Å². The predicted octanol–water partition coefficient (Wildman–Crippen LogP) is 4.12. The molecule has 0 saturated carbocycles. The molecule has 3 aliphatic heterocycles. The van der Waals surface area contributed by atoms with Crippen molar-refractivity contribution in [3.63, 3.8) is 0 Å². The molecule has 5 heteroatoms. The van der Waals surface area contributed by atoms with Crippen LogP contribution in [-0.4, -0.2) is 78.6 Å². The zero-order valence-corrected chi connectivity index (χ0v) is 21.1. The van der Waals surface area contributed by atoms with Crippen molar-refractivity contribution in [1.29, 1.82) is 0 Å². The Balaban J connectivity index is 1.15. The summed E-state index contributed by atoms with van der Waals surface area (Å²) < 4.78 is 0. The summed E-state index contributed by atoms with van der Waals surface area (Å²) in [5.41, 5.74) is 7.49. The number of benzene rings is 1. The molecule has 4 heterocycles. The van der Waals surface area contributed by atoms with Crippen LogP contribution in [0.5, 0.6) is 0 Å². The number of rotatable bonds is 5. The van der Waals surface area contributed by atoms with Gasteiger partial charge in [-0.3, -0.25) is 19.7 Å². The van der Waals surface area contributed by atoms with Gasteiger partial charge in [-0.25, -0.2) is 0 Å². The van der Waals surface area contributed by atoms with E-state index in [0.29, 0.717) is 12.1 Å². The molecule has 2 fully saturated rings. The number of aryl methyl sites for hydroxylation is 1. The molecular formula is C29H41N5. The summed E-state index contributed by atoms with van der Waals surface area (Å²) in [5, 5.41) is 0. The van der Waals surface area contributed by atoms with Gasteiger partial charge < -0.3 is 4.90 Å². The van der Waals surface area contributed by atoms with Gasteiger partial charge in [0.25, 0.3) is 0 Å². The number of anilines is 1. The first-order valence-electron chi connectivity index (χ1n) is 13.6. The highest BCUT2D eigenvalue weighted by Gasteiger charge is 2.33. The molecule has 0 radical (unpaired) electrons. The summed E-state index contributed by atoms with van der Waals surface area (Å²) in [7, 11) is 4.65. The zero-order valence-electron chi connectivity index (χ0n) is 21.1. The highest BCUT2D eigenvalue weighted by atomic mass is 15.3. The maximum absolute atomic E-state index is 4.79. The smallest absolute Gasteiger partial charge is 0.0607 e. The molecule has 1 aromatic carbocycles. The largest absolute Gasteiger partial charge is 0.368 e. The van der Waals surface area contributed by atoms with Gasteiger partial charge in [0.05, 0.1) is 11.7 Å². The van der Waals surface area contributed by atoms with Crippen molar-refractivity contribution < 1.29 is 0 Å². The van der Waals surface area contributed by atoms with Gasteiger partial charge in [0.2, 0.25) is 0 Å². The first kappa shape index (κ1) is 22.5. The first-order chi connectivity index (χ1) is 16.7. The van der Waals surface area contributed by atoms with Crippen LogP contribution in [0.2, 0.25) is 0 Å². The Morgan fingerprint density at radius 3 is 2.88 bits per heavy atom. The van der Waals surface area contributed by atoms with Crippen LogP contribution in [0.4, 0.5) is 5.69 Å². The molecule has 0 N–H and O–H groups in total. The predicted molar refractivity (Wildman–Crippen MR) is 139 cm³/mol. The highest BCUT2D eigenvalue weighted by Crippen LogP contribution is 2.35. The molecule has 5 nitrogen and oxygen atoms in total. The third-order valence-corrected chi connectivity index (χ3v) is 9.17. The lowest BCUT2D eigenvalue weighted by Gasteiger charge is -2.42. The molecule has 1 aromatic heterocycles. The Hall–Kier alpha value is -1.95. The van der Waals surface area contributed by atoms with E-state index in [1.54, 1.807) is 11.1 Å². The molecule has 6 rings (SSSR count). The Morgan fingerprint density at radius 1 is 1.03 bits per heavy atom. The van der Waals surface area contributed by atoms with E-state index in [2.05, 4.69) is 64.0 Å². The fourth-order valence-corrected chi connectivity index (χ4v) is 7.15. The zero-order chi connectivity index (χ0) is 23.1. The van der Waals surface area contributed by atoms with Gasteiger partial charge in [0, 0.05) is 56.7 Å². The van der Waals surface area contributed by atoms with Crippen LogP contribution in [0.15, 0.2) is 36.5 Å². The van der Waals surface area contributed by atoms with Gasteiger partial charge in [-0.2, -0.15) is 0 Å².